The van der Waals surface area contributed by atoms with Crippen LogP contribution < -0.4 is 4.74 Å². The first-order valence-corrected chi connectivity index (χ1v) is 7.02. The quantitative estimate of drug-likeness (QED) is 0.368. The summed E-state index contributed by atoms with van der Waals surface area (Å²) in [6.07, 6.45) is 16.5. The number of benzene rings is 1. The topological polar surface area (TPSA) is 18.5 Å². The van der Waals surface area contributed by atoms with Crippen LogP contribution >= 0.6 is 24.8 Å². The van der Waals surface area contributed by atoms with Crippen LogP contribution in [0.1, 0.15) is 24.8 Å². The number of halogens is 2. The fraction of sp³-hybridized carbons (Fsp3) is 0.217. The summed E-state index contributed by atoms with van der Waals surface area (Å²) in [5, 5.41) is 0. The third kappa shape index (κ3) is 19.9. The standard InChI is InChI=1S/C9H7O.C5H5.C4H8O.5CH3.2ClH.Cr/c1-2-6-9-8(4-1)5-3-7-10-9;2*1-2-4-5-3-1;;;;;;;;/h1-7H;1-3H,4H2;1-4H2;5*1H3;2*1H;/q2*-1;;5*-1;;;. The second kappa shape index (κ2) is 30.9. The van der Waals surface area contributed by atoms with Crippen molar-refractivity contribution in [3.8, 4) is 5.75 Å². The molecule has 0 spiro atoms. The number of fused-ring (bicyclic) bond motifs is 1. The van der Waals surface area contributed by atoms with Gasteiger partial charge in [0, 0.05) is 30.6 Å². The smallest absolute Gasteiger partial charge is 0.0927 e. The molecule has 168 valence electrons. The van der Waals surface area contributed by atoms with Crippen molar-refractivity contribution in [1.29, 1.82) is 0 Å². The van der Waals surface area contributed by atoms with Crippen molar-refractivity contribution in [3.63, 3.8) is 0 Å². The molecule has 2 nitrogen and oxygen atoms in total. The van der Waals surface area contributed by atoms with Crippen LogP contribution in [0.25, 0.3) is 6.08 Å². The molecule has 1 saturated heterocycles. The molecule has 0 atom stereocenters. The first-order chi connectivity index (χ1) is 9.97. The molecule has 1 aliphatic carbocycles. The third-order valence-electron chi connectivity index (χ3n) is 2.88. The maximum atomic E-state index is 5.21. The molecule has 0 bridgehead atoms. The summed E-state index contributed by atoms with van der Waals surface area (Å²) in [5.41, 5.74) is 1.14. The second-order valence-corrected chi connectivity index (χ2v) is 4.47. The molecule has 0 saturated carbocycles. The normalized spacial score (nSPS) is 12.1. The Morgan fingerprint density at radius 1 is 0.893 bits per heavy atom. The van der Waals surface area contributed by atoms with E-state index in [9.17, 15) is 0 Å². The van der Waals surface area contributed by atoms with Crippen molar-refractivity contribution in [2.75, 3.05) is 13.2 Å². The van der Waals surface area contributed by atoms with Gasteiger partial charge in [-0.15, -0.1) is 31.2 Å². The minimum atomic E-state index is 0. The molecule has 1 aromatic carbocycles. The molecular weight excluding hydrogens is 431 g/mol. The van der Waals surface area contributed by atoms with Crippen molar-refractivity contribution in [2.24, 2.45) is 0 Å². The maximum absolute atomic E-state index is 5.21. The van der Waals surface area contributed by atoms with Crippen molar-refractivity contribution >= 4 is 30.9 Å². The van der Waals surface area contributed by atoms with Gasteiger partial charge in [-0.25, -0.2) is 12.2 Å². The summed E-state index contributed by atoms with van der Waals surface area (Å²) in [5.74, 6) is 0.935. The van der Waals surface area contributed by atoms with Crippen LogP contribution in [0.15, 0.2) is 48.6 Å². The predicted octanol–water partition coefficient (Wildman–Crippen LogP) is 7.45. The Morgan fingerprint density at radius 2 is 1.50 bits per heavy atom. The molecule has 2 heterocycles. The summed E-state index contributed by atoms with van der Waals surface area (Å²) in [6, 6.07) is 7.94. The van der Waals surface area contributed by atoms with Gasteiger partial charge < -0.3 is 46.6 Å². The molecule has 3 aliphatic rings. The van der Waals surface area contributed by atoms with Gasteiger partial charge in [0.1, 0.15) is 0 Å². The molecule has 4 rings (SSSR count). The van der Waals surface area contributed by atoms with Gasteiger partial charge >= 0.3 is 0 Å². The van der Waals surface area contributed by atoms with Crippen LogP contribution in [0.2, 0.25) is 0 Å². The Balaban J connectivity index is -0.0000000439. The number of allylic oxidation sites excluding steroid dienone is 4. The molecule has 0 unspecified atom stereocenters. The second-order valence-electron chi connectivity index (χ2n) is 4.47. The monoisotopic (exact) mass is 467 g/mol. The van der Waals surface area contributed by atoms with E-state index in [1.165, 1.54) is 12.8 Å². The number of hydrogen-bond acceptors (Lipinski definition) is 2. The minimum Gasteiger partial charge on any atom is -0.554 e. The van der Waals surface area contributed by atoms with E-state index in [4.69, 9.17) is 9.47 Å². The van der Waals surface area contributed by atoms with Crippen molar-refractivity contribution < 1.29 is 26.8 Å². The van der Waals surface area contributed by atoms with Crippen LogP contribution in [-0.4, -0.2) is 13.2 Å². The Bertz CT molecular complexity index is 468. The van der Waals surface area contributed by atoms with E-state index < -0.39 is 0 Å². The van der Waals surface area contributed by atoms with E-state index in [-0.39, 0.29) is 79.3 Å². The van der Waals surface area contributed by atoms with Gasteiger partial charge in [0.25, 0.3) is 0 Å². The van der Waals surface area contributed by atoms with Gasteiger partial charge in [-0.1, -0.05) is 30.4 Å². The van der Waals surface area contributed by atoms with Crippen molar-refractivity contribution in [3.05, 3.63) is 104 Å². The largest absolute Gasteiger partial charge is 0.554 e. The molecule has 0 aromatic heterocycles. The van der Waals surface area contributed by atoms with Crippen molar-refractivity contribution in [2.45, 2.75) is 19.3 Å². The Kier molecular flexibility index (Phi) is 50.5. The van der Waals surface area contributed by atoms with Gasteiger partial charge in [0.15, 0.2) is 0 Å². The molecule has 1 fully saturated rings. The van der Waals surface area contributed by atoms with Crippen LogP contribution in [0.3, 0.4) is 0 Å². The summed E-state index contributed by atoms with van der Waals surface area (Å²) < 4.78 is 10.2. The number of ether oxygens (including phenoxy) is 2. The Morgan fingerprint density at radius 3 is 1.89 bits per heavy atom. The summed E-state index contributed by atoms with van der Waals surface area (Å²) in [4.78, 5) is 0. The molecule has 2 aliphatic heterocycles. The molecule has 0 N–H and O–H groups in total. The van der Waals surface area contributed by atoms with E-state index in [0.717, 1.165) is 30.9 Å². The minimum absolute atomic E-state index is 0. The van der Waals surface area contributed by atoms with E-state index >= 15 is 0 Å². The van der Waals surface area contributed by atoms with E-state index in [0.29, 0.717) is 0 Å². The summed E-state index contributed by atoms with van der Waals surface area (Å²) in [7, 11) is 0. The molecular formula is C23H37Cl2CrO2-7. The molecule has 28 heavy (non-hydrogen) atoms. The van der Waals surface area contributed by atoms with Crippen LogP contribution in [0.5, 0.6) is 5.75 Å². The Hall–Kier alpha value is -0.818. The zero-order valence-electron chi connectivity index (χ0n) is 17.9. The third-order valence-corrected chi connectivity index (χ3v) is 2.88. The van der Waals surface area contributed by atoms with Gasteiger partial charge in [-0.05, 0) is 18.9 Å². The van der Waals surface area contributed by atoms with E-state index in [1.54, 1.807) is 6.61 Å². The van der Waals surface area contributed by atoms with Crippen LogP contribution in [-0.2, 0) is 22.1 Å². The predicted molar refractivity (Wildman–Crippen MR) is 129 cm³/mol. The SMILES string of the molecule is C1=Cc2ccccc2O[CH-]1.C1CCOC1.Cl.Cl.[C-]1=CC=CC1.[CH3-].[CH3-].[CH3-].[CH3-].[CH3-].[Cr]. The van der Waals surface area contributed by atoms with E-state index in [2.05, 4.69) is 12.2 Å². The van der Waals surface area contributed by atoms with Gasteiger partial charge in [0.2, 0.25) is 0 Å². The number of rotatable bonds is 0. The van der Waals surface area contributed by atoms with Crippen molar-refractivity contribution in [1.82, 2.24) is 0 Å². The molecule has 0 amide bonds. The fourth-order valence-corrected chi connectivity index (χ4v) is 1.83. The molecule has 5 heteroatoms. The van der Waals surface area contributed by atoms with E-state index in [1.807, 2.05) is 48.6 Å². The Labute approximate surface area is 199 Å². The van der Waals surface area contributed by atoms with Crippen LogP contribution in [0, 0.1) is 49.8 Å². The zero-order valence-corrected chi connectivity index (χ0v) is 20.8. The maximum Gasteiger partial charge on any atom is 0.0927 e. The summed E-state index contributed by atoms with van der Waals surface area (Å²) in [6.45, 7) is 3.68. The van der Waals surface area contributed by atoms with Gasteiger partial charge in [-0.2, -0.15) is 18.2 Å². The fourth-order valence-electron chi connectivity index (χ4n) is 1.83. The average molecular weight is 468 g/mol. The first-order valence-electron chi connectivity index (χ1n) is 7.02. The van der Waals surface area contributed by atoms with Gasteiger partial charge in [-0.3, -0.25) is 6.08 Å². The molecule has 1 aromatic rings. The van der Waals surface area contributed by atoms with Crippen LogP contribution in [0.4, 0.5) is 0 Å². The first kappa shape index (κ1) is 45.7. The number of para-hydroxylation sites is 1. The average Bonchev–Trinajstić information content (AvgIpc) is 3.25. The molecule has 0 radical (unpaired) electrons. The summed E-state index contributed by atoms with van der Waals surface area (Å²) >= 11 is 0. The number of hydrogen-bond donors (Lipinski definition) is 0. The van der Waals surface area contributed by atoms with Gasteiger partial charge in [0.05, 0.1) is 5.75 Å². The zero-order chi connectivity index (χ0) is 13.9.